The minimum Gasteiger partial charge on any atom is -0.461 e. The van der Waals surface area contributed by atoms with E-state index in [0.29, 0.717) is 37.1 Å². The number of nitrogens with two attached hydrogens (primary N) is 1. The molecule has 204 valence electrons. The monoisotopic (exact) mass is 531 g/mol. The first-order chi connectivity index (χ1) is 18.9. The Morgan fingerprint density at radius 2 is 1.51 bits per heavy atom. The number of ether oxygens (including phenoxy) is 2. The number of fused-ring (bicyclic) bond motifs is 1. The van der Waals surface area contributed by atoms with Crippen LogP contribution in [0, 0.1) is 0 Å². The molecule has 0 bridgehead atoms. The molecule has 3 aromatic carbocycles. The predicted octanol–water partition coefficient (Wildman–Crippen LogP) is 3.85. The number of hydrogen-bond acceptors (Lipinski definition) is 6. The maximum absolute atomic E-state index is 13.9. The molecular weight excluding hydrogens is 498 g/mol. The van der Waals surface area contributed by atoms with E-state index in [2.05, 4.69) is 0 Å². The van der Waals surface area contributed by atoms with Crippen LogP contribution in [-0.4, -0.2) is 66.5 Å². The zero-order chi connectivity index (χ0) is 27.8. The Kier molecular flexibility index (Phi) is 9.14. The Bertz CT molecular complexity index is 1340. The number of rotatable bonds is 9. The largest absolute Gasteiger partial charge is 0.461 e. The van der Waals surface area contributed by atoms with E-state index in [9.17, 15) is 19.2 Å². The first kappa shape index (κ1) is 27.6. The van der Waals surface area contributed by atoms with Crippen LogP contribution in [0.1, 0.15) is 47.2 Å². The lowest BCUT2D eigenvalue weighted by Gasteiger charge is -2.36. The van der Waals surface area contributed by atoms with Crippen LogP contribution in [0.2, 0.25) is 0 Å². The maximum Gasteiger partial charge on any atom is 0.409 e. The van der Waals surface area contributed by atoms with Crippen LogP contribution in [0.25, 0.3) is 10.8 Å². The van der Waals surface area contributed by atoms with E-state index in [1.165, 1.54) is 0 Å². The number of carbonyl (C=O) groups is 4. The van der Waals surface area contributed by atoms with Crippen molar-refractivity contribution in [3.05, 3.63) is 83.4 Å². The van der Waals surface area contributed by atoms with Gasteiger partial charge in [0, 0.05) is 32.6 Å². The van der Waals surface area contributed by atoms with Gasteiger partial charge in [0.1, 0.15) is 6.61 Å². The molecule has 1 heterocycles. The SMILES string of the molecule is CCOC(=O)N1CCN(C(=O)C(CCC(=O)OCc2ccccc2)c2ccc3ccccc3c2C(N)=O)CC1. The third kappa shape index (κ3) is 6.73. The molecule has 0 aliphatic carbocycles. The fourth-order valence-corrected chi connectivity index (χ4v) is 4.88. The molecule has 1 saturated heterocycles. The first-order valence-electron chi connectivity index (χ1n) is 13.1. The van der Waals surface area contributed by atoms with Gasteiger partial charge in [0.2, 0.25) is 11.8 Å². The molecular formula is C30H33N3O6. The molecule has 9 nitrogen and oxygen atoms in total. The average molecular weight is 532 g/mol. The van der Waals surface area contributed by atoms with Crippen molar-refractivity contribution in [3.63, 3.8) is 0 Å². The zero-order valence-electron chi connectivity index (χ0n) is 22.0. The second-order valence-corrected chi connectivity index (χ2v) is 9.36. The van der Waals surface area contributed by atoms with Crippen LogP contribution in [0.3, 0.4) is 0 Å². The second-order valence-electron chi connectivity index (χ2n) is 9.36. The maximum atomic E-state index is 13.9. The number of amides is 3. The Balaban J connectivity index is 1.56. The van der Waals surface area contributed by atoms with E-state index in [-0.39, 0.29) is 37.5 Å². The Hall–Kier alpha value is -4.40. The number of carbonyl (C=O) groups excluding carboxylic acids is 4. The minimum absolute atomic E-state index is 0.0168. The number of esters is 1. The van der Waals surface area contributed by atoms with Crippen LogP contribution in [0.4, 0.5) is 4.79 Å². The predicted molar refractivity (Wildman–Crippen MR) is 146 cm³/mol. The summed E-state index contributed by atoms with van der Waals surface area (Å²) in [7, 11) is 0. The summed E-state index contributed by atoms with van der Waals surface area (Å²) in [5, 5.41) is 1.48. The van der Waals surface area contributed by atoms with Crippen LogP contribution < -0.4 is 5.73 Å². The first-order valence-corrected chi connectivity index (χ1v) is 13.1. The molecule has 9 heteroatoms. The van der Waals surface area contributed by atoms with Crippen LogP contribution >= 0.6 is 0 Å². The number of primary amides is 1. The van der Waals surface area contributed by atoms with Crippen molar-refractivity contribution in [1.29, 1.82) is 0 Å². The van der Waals surface area contributed by atoms with Gasteiger partial charge in [-0.1, -0.05) is 66.7 Å². The van der Waals surface area contributed by atoms with Crippen molar-refractivity contribution in [3.8, 4) is 0 Å². The lowest BCUT2D eigenvalue weighted by molar-refractivity contribution is -0.145. The van der Waals surface area contributed by atoms with E-state index in [0.717, 1.165) is 10.9 Å². The van der Waals surface area contributed by atoms with Gasteiger partial charge in [-0.15, -0.1) is 0 Å². The van der Waals surface area contributed by atoms with E-state index in [1.54, 1.807) is 28.9 Å². The third-order valence-corrected chi connectivity index (χ3v) is 6.88. The number of nitrogens with zero attached hydrogens (tertiary/aromatic N) is 2. The van der Waals surface area contributed by atoms with Crippen molar-refractivity contribution in [2.75, 3.05) is 32.8 Å². The molecule has 0 radical (unpaired) electrons. The lowest BCUT2D eigenvalue weighted by Crippen LogP contribution is -2.51. The molecule has 3 aromatic rings. The van der Waals surface area contributed by atoms with Crippen molar-refractivity contribution in [2.45, 2.75) is 32.3 Å². The van der Waals surface area contributed by atoms with E-state index >= 15 is 0 Å². The summed E-state index contributed by atoms with van der Waals surface area (Å²) in [6.45, 7) is 3.44. The lowest BCUT2D eigenvalue weighted by atomic mass is 9.86. The van der Waals surface area contributed by atoms with Gasteiger partial charge in [-0.05, 0) is 35.2 Å². The van der Waals surface area contributed by atoms with Gasteiger partial charge in [0.25, 0.3) is 0 Å². The van der Waals surface area contributed by atoms with E-state index in [4.69, 9.17) is 15.2 Å². The van der Waals surface area contributed by atoms with Crippen molar-refractivity contribution >= 4 is 34.6 Å². The van der Waals surface area contributed by atoms with Crippen molar-refractivity contribution < 1.29 is 28.7 Å². The highest BCUT2D eigenvalue weighted by Gasteiger charge is 2.33. The quantitative estimate of drug-likeness (QED) is 0.419. The topological polar surface area (TPSA) is 119 Å². The molecule has 0 saturated carbocycles. The molecule has 1 aliphatic heterocycles. The van der Waals surface area contributed by atoms with E-state index in [1.807, 2.05) is 54.6 Å². The van der Waals surface area contributed by atoms with Crippen LogP contribution in [0.15, 0.2) is 66.7 Å². The number of benzene rings is 3. The highest BCUT2D eigenvalue weighted by Crippen LogP contribution is 2.32. The van der Waals surface area contributed by atoms with Crippen molar-refractivity contribution in [1.82, 2.24) is 9.80 Å². The number of hydrogen-bond donors (Lipinski definition) is 1. The van der Waals surface area contributed by atoms with E-state index < -0.39 is 23.9 Å². The minimum atomic E-state index is -0.796. The van der Waals surface area contributed by atoms with Gasteiger partial charge < -0.3 is 25.0 Å². The molecule has 0 spiro atoms. The summed E-state index contributed by atoms with van der Waals surface area (Å²) >= 11 is 0. The number of piperazine rings is 1. The van der Waals surface area contributed by atoms with Gasteiger partial charge in [-0.25, -0.2) is 4.79 Å². The standard InChI is InChI=1S/C30H33N3O6/c1-2-38-30(37)33-18-16-32(17-19-33)29(36)25(14-15-26(34)39-20-21-8-4-3-5-9-21)24-13-12-22-10-6-7-11-23(22)27(24)28(31)35/h3-13,25H,2,14-20H2,1H3,(H2,31,35). The fraction of sp³-hybridized carbons (Fsp3) is 0.333. The van der Waals surface area contributed by atoms with Gasteiger partial charge in [-0.2, -0.15) is 0 Å². The second kappa shape index (κ2) is 12.9. The molecule has 3 amide bonds. The average Bonchev–Trinajstić information content (AvgIpc) is 2.96. The zero-order valence-corrected chi connectivity index (χ0v) is 22.0. The summed E-state index contributed by atoms with van der Waals surface area (Å²) in [4.78, 5) is 54.6. The molecule has 4 rings (SSSR count). The summed E-state index contributed by atoms with van der Waals surface area (Å²) in [6.07, 6.45) is -0.284. The summed E-state index contributed by atoms with van der Waals surface area (Å²) in [6, 6.07) is 20.3. The summed E-state index contributed by atoms with van der Waals surface area (Å²) in [5.74, 6) is -2.11. The third-order valence-electron chi connectivity index (χ3n) is 6.88. The molecule has 0 aromatic heterocycles. The van der Waals surface area contributed by atoms with Gasteiger partial charge in [0.05, 0.1) is 18.1 Å². The van der Waals surface area contributed by atoms with Gasteiger partial charge >= 0.3 is 12.1 Å². The molecule has 1 unspecified atom stereocenters. The molecule has 1 aliphatic rings. The normalized spacial score (nSPS) is 14.1. The fourth-order valence-electron chi connectivity index (χ4n) is 4.88. The van der Waals surface area contributed by atoms with Crippen LogP contribution in [0.5, 0.6) is 0 Å². The summed E-state index contributed by atoms with van der Waals surface area (Å²) in [5.41, 5.74) is 7.45. The highest BCUT2D eigenvalue weighted by molar-refractivity contribution is 6.09. The van der Waals surface area contributed by atoms with Crippen molar-refractivity contribution in [2.24, 2.45) is 5.73 Å². The summed E-state index contributed by atoms with van der Waals surface area (Å²) < 4.78 is 10.5. The van der Waals surface area contributed by atoms with Gasteiger partial charge in [-0.3, -0.25) is 14.4 Å². The van der Waals surface area contributed by atoms with Gasteiger partial charge in [0.15, 0.2) is 0 Å². The Labute approximate surface area is 227 Å². The highest BCUT2D eigenvalue weighted by atomic mass is 16.6. The molecule has 1 atom stereocenters. The molecule has 1 fully saturated rings. The Morgan fingerprint density at radius 3 is 2.21 bits per heavy atom. The Morgan fingerprint density at radius 1 is 0.846 bits per heavy atom. The molecule has 2 N–H and O–H groups in total. The smallest absolute Gasteiger partial charge is 0.409 e. The van der Waals surface area contributed by atoms with Crippen LogP contribution in [-0.2, 0) is 25.7 Å². The molecule has 39 heavy (non-hydrogen) atoms.